The minimum absolute atomic E-state index is 0.278. The van der Waals surface area contributed by atoms with Crippen LogP contribution in [0.5, 0.6) is 0 Å². The van der Waals surface area contributed by atoms with Gasteiger partial charge in [-0.15, -0.1) is 0 Å². The Morgan fingerprint density at radius 3 is 3.00 bits per heavy atom. The highest BCUT2D eigenvalue weighted by atomic mass is 16.6. The first-order valence-electron chi connectivity index (χ1n) is 4.75. The lowest BCUT2D eigenvalue weighted by Gasteiger charge is -2.18. The van der Waals surface area contributed by atoms with Crippen molar-refractivity contribution < 1.29 is 14.4 Å². The highest BCUT2D eigenvalue weighted by Gasteiger charge is 2.32. The summed E-state index contributed by atoms with van der Waals surface area (Å²) in [6, 6.07) is 2.84. The summed E-state index contributed by atoms with van der Waals surface area (Å²) in [7, 11) is 0. The zero-order valence-corrected chi connectivity index (χ0v) is 8.10. The van der Waals surface area contributed by atoms with Gasteiger partial charge in [0.05, 0.1) is 11.7 Å². The highest BCUT2D eigenvalue weighted by Crippen LogP contribution is 2.24. The van der Waals surface area contributed by atoms with Crippen LogP contribution in [0, 0.1) is 10.1 Å². The van der Waals surface area contributed by atoms with E-state index in [-0.39, 0.29) is 5.88 Å². The molecule has 0 spiro atoms. The van der Waals surface area contributed by atoms with Crippen LogP contribution in [0.25, 0.3) is 0 Å². The molecule has 1 aromatic rings. The quantitative estimate of drug-likeness (QED) is 0.561. The molecule has 1 aliphatic heterocycles. The molecule has 1 fully saturated rings. The van der Waals surface area contributed by atoms with Gasteiger partial charge in [-0.2, -0.15) is 0 Å². The van der Waals surface area contributed by atoms with Crippen LogP contribution >= 0.6 is 0 Å². The van der Waals surface area contributed by atoms with Crippen LogP contribution in [-0.4, -0.2) is 28.7 Å². The lowest BCUT2D eigenvalue weighted by molar-refractivity contribution is -0.402. The number of nitrogens with zero attached hydrogens (tertiary/aromatic N) is 1. The number of rotatable bonds is 3. The fraction of sp³-hybridized carbons (Fsp3) is 0.556. The van der Waals surface area contributed by atoms with Crippen LogP contribution in [0.4, 0.5) is 5.88 Å². The maximum absolute atomic E-state index is 10.4. The van der Waals surface area contributed by atoms with Crippen molar-refractivity contribution in [3.63, 3.8) is 0 Å². The monoisotopic (exact) mass is 212 g/mol. The van der Waals surface area contributed by atoms with Gasteiger partial charge in [-0.3, -0.25) is 10.1 Å². The van der Waals surface area contributed by atoms with Crippen molar-refractivity contribution in [1.29, 1.82) is 0 Å². The molecule has 1 saturated heterocycles. The number of β-amino-alcohol motifs (C(OH)–C–C–N with tert-alkyl or cyclic N) is 1. The smallest absolute Gasteiger partial charge is 0.406 e. The Morgan fingerprint density at radius 2 is 2.47 bits per heavy atom. The van der Waals surface area contributed by atoms with Gasteiger partial charge in [0.15, 0.2) is 0 Å². The first-order chi connectivity index (χ1) is 7.09. The molecule has 1 aromatic heterocycles. The molecule has 2 heterocycles. The molecule has 82 valence electrons. The van der Waals surface area contributed by atoms with Gasteiger partial charge in [0.1, 0.15) is 10.7 Å². The third-order valence-electron chi connectivity index (χ3n) is 2.55. The molecule has 2 N–H and O–H groups in total. The van der Waals surface area contributed by atoms with E-state index in [2.05, 4.69) is 5.32 Å². The molecule has 1 atom stereocenters. The number of aliphatic hydroxyl groups is 1. The summed E-state index contributed by atoms with van der Waals surface area (Å²) in [5.41, 5.74) is -0.828. The number of hydrogen-bond acceptors (Lipinski definition) is 5. The highest BCUT2D eigenvalue weighted by molar-refractivity contribution is 5.19. The summed E-state index contributed by atoms with van der Waals surface area (Å²) in [5, 5.41) is 23.4. The van der Waals surface area contributed by atoms with Crippen molar-refractivity contribution in [3.8, 4) is 0 Å². The fourth-order valence-corrected chi connectivity index (χ4v) is 1.77. The van der Waals surface area contributed by atoms with Crippen molar-refractivity contribution in [2.45, 2.75) is 18.4 Å². The second-order valence-electron chi connectivity index (χ2n) is 3.82. The van der Waals surface area contributed by atoms with E-state index in [9.17, 15) is 15.2 Å². The van der Waals surface area contributed by atoms with E-state index in [1.54, 1.807) is 0 Å². The van der Waals surface area contributed by atoms with Gasteiger partial charge >= 0.3 is 5.88 Å². The summed E-state index contributed by atoms with van der Waals surface area (Å²) in [5.74, 6) is 0.174. The molecule has 1 unspecified atom stereocenters. The van der Waals surface area contributed by atoms with Crippen LogP contribution in [0.2, 0.25) is 0 Å². The molecule has 0 aromatic carbocycles. The molecule has 6 heteroatoms. The molecule has 0 radical (unpaired) electrons. The average Bonchev–Trinajstić information content (AvgIpc) is 2.75. The normalized spacial score (nSPS) is 25.7. The molecule has 15 heavy (non-hydrogen) atoms. The summed E-state index contributed by atoms with van der Waals surface area (Å²) in [4.78, 5) is 9.79. The predicted molar refractivity (Wildman–Crippen MR) is 51.5 cm³/mol. The molecule has 0 bridgehead atoms. The van der Waals surface area contributed by atoms with E-state index in [0.717, 1.165) is 6.54 Å². The number of nitrogens with one attached hydrogen (secondary N) is 1. The Morgan fingerprint density at radius 1 is 1.67 bits per heavy atom. The molecule has 0 aliphatic carbocycles. The summed E-state index contributed by atoms with van der Waals surface area (Å²) >= 11 is 0. The number of hydrogen-bond donors (Lipinski definition) is 2. The van der Waals surface area contributed by atoms with Gasteiger partial charge in [-0.1, -0.05) is 0 Å². The lowest BCUT2D eigenvalue weighted by Crippen LogP contribution is -2.33. The Bertz CT molecular complexity index is 368. The van der Waals surface area contributed by atoms with Crippen LogP contribution in [0.1, 0.15) is 12.2 Å². The van der Waals surface area contributed by atoms with Gasteiger partial charge in [-0.25, -0.2) is 0 Å². The van der Waals surface area contributed by atoms with Crippen LogP contribution in [-0.2, 0) is 6.42 Å². The molecular weight excluding hydrogens is 200 g/mol. The Balaban J connectivity index is 2.07. The molecule has 1 aliphatic rings. The molecule has 2 rings (SSSR count). The summed E-state index contributed by atoms with van der Waals surface area (Å²) < 4.78 is 4.99. The lowest BCUT2D eigenvalue weighted by atomic mass is 9.98. The van der Waals surface area contributed by atoms with Crippen molar-refractivity contribution in [3.05, 3.63) is 28.0 Å². The largest absolute Gasteiger partial charge is 0.433 e. The SMILES string of the molecule is O=[N+]([O-])c1ccc(CC2(O)CCNC2)o1. The van der Waals surface area contributed by atoms with Crippen molar-refractivity contribution >= 4 is 5.88 Å². The van der Waals surface area contributed by atoms with Gasteiger partial charge in [-0.05, 0) is 19.0 Å². The van der Waals surface area contributed by atoms with E-state index in [4.69, 9.17) is 4.42 Å². The van der Waals surface area contributed by atoms with E-state index in [1.807, 2.05) is 0 Å². The van der Waals surface area contributed by atoms with Crippen LogP contribution in [0.3, 0.4) is 0 Å². The Kier molecular flexibility index (Phi) is 2.45. The first kappa shape index (κ1) is 10.1. The Labute approximate surface area is 86.0 Å². The fourth-order valence-electron chi connectivity index (χ4n) is 1.77. The van der Waals surface area contributed by atoms with Gasteiger partial charge in [0.25, 0.3) is 0 Å². The van der Waals surface area contributed by atoms with E-state index in [1.165, 1.54) is 12.1 Å². The first-order valence-corrected chi connectivity index (χ1v) is 4.75. The Hall–Kier alpha value is -1.40. The van der Waals surface area contributed by atoms with E-state index in [0.29, 0.717) is 25.1 Å². The van der Waals surface area contributed by atoms with Crippen LogP contribution in [0.15, 0.2) is 16.5 Å². The average molecular weight is 212 g/mol. The van der Waals surface area contributed by atoms with Gasteiger partial charge in [0, 0.05) is 13.0 Å². The topological polar surface area (TPSA) is 88.5 Å². The van der Waals surface area contributed by atoms with E-state index >= 15 is 0 Å². The van der Waals surface area contributed by atoms with Gasteiger partial charge < -0.3 is 14.8 Å². The minimum atomic E-state index is -0.828. The standard InChI is InChI=1S/C9H12N2O4/c12-9(3-4-10-6-9)5-7-1-2-8(15-7)11(13)14/h1-2,10,12H,3-6H2. The van der Waals surface area contributed by atoms with Crippen molar-refractivity contribution in [2.24, 2.45) is 0 Å². The number of nitro groups is 1. The third-order valence-corrected chi connectivity index (χ3v) is 2.55. The molecular formula is C9H12N2O4. The van der Waals surface area contributed by atoms with Crippen molar-refractivity contribution in [2.75, 3.05) is 13.1 Å². The van der Waals surface area contributed by atoms with E-state index < -0.39 is 10.5 Å². The maximum Gasteiger partial charge on any atom is 0.433 e. The predicted octanol–water partition coefficient (Wildman–Crippen LogP) is 0.455. The zero-order chi connectivity index (χ0) is 10.9. The molecule has 6 nitrogen and oxygen atoms in total. The summed E-state index contributed by atoms with van der Waals surface area (Å²) in [6.07, 6.45) is 0.954. The van der Waals surface area contributed by atoms with Crippen LogP contribution < -0.4 is 5.32 Å². The second-order valence-corrected chi connectivity index (χ2v) is 3.82. The minimum Gasteiger partial charge on any atom is -0.406 e. The summed E-state index contributed by atoms with van der Waals surface area (Å²) in [6.45, 7) is 1.26. The van der Waals surface area contributed by atoms with Gasteiger partial charge in [0.2, 0.25) is 0 Å². The van der Waals surface area contributed by atoms with Crippen molar-refractivity contribution in [1.82, 2.24) is 5.32 Å². The number of furan rings is 1. The third kappa shape index (κ3) is 2.16. The molecule has 0 saturated carbocycles. The molecule has 0 amide bonds. The second kappa shape index (κ2) is 3.63. The zero-order valence-electron chi connectivity index (χ0n) is 8.10. The maximum atomic E-state index is 10.4.